The molecular formula is C28H37BF3NO5S. The number of methoxy groups -OCH3 is 1. The number of nitrogens with zero attached hydrogens (tertiary/aromatic N) is 1. The lowest BCUT2D eigenvalue weighted by Crippen LogP contribution is -2.61. The number of alkyl halides is 3. The Balaban J connectivity index is 2.36. The van der Waals surface area contributed by atoms with Crippen molar-refractivity contribution >= 4 is 24.0 Å². The monoisotopic (exact) mass is 567 g/mol. The Morgan fingerprint density at radius 1 is 0.949 bits per heavy atom. The third-order valence-corrected chi connectivity index (χ3v) is 9.09. The fraction of sp³-hybridized carbons (Fsp3) is 0.536. The highest BCUT2D eigenvalue weighted by Crippen LogP contribution is 2.48. The van der Waals surface area contributed by atoms with Gasteiger partial charge in [0.15, 0.2) is 0 Å². The number of carbonyl (C=O) groups is 1. The van der Waals surface area contributed by atoms with Crippen molar-refractivity contribution in [2.45, 2.75) is 89.1 Å². The van der Waals surface area contributed by atoms with E-state index in [9.17, 15) is 9.00 Å². The average molecular weight is 567 g/mol. The average Bonchev–Trinajstić information content (AvgIpc) is 3.04. The molecule has 3 rings (SSSR count). The molecule has 39 heavy (non-hydrogen) atoms. The molecule has 0 saturated carbocycles. The van der Waals surface area contributed by atoms with Crippen molar-refractivity contribution in [2.75, 3.05) is 7.11 Å². The van der Waals surface area contributed by atoms with Gasteiger partial charge in [0.1, 0.15) is 16.9 Å². The number of aryl methyl sites for hydroxylation is 1. The normalized spacial score (nSPS) is 20.3. The Labute approximate surface area is 231 Å². The molecule has 0 radical (unpaired) electrons. The van der Waals surface area contributed by atoms with E-state index in [1.54, 1.807) is 72.7 Å². The minimum absolute atomic E-state index is 0.408. The summed E-state index contributed by atoms with van der Waals surface area (Å²) in [5.74, 6) is -2.84. The summed E-state index contributed by atoms with van der Waals surface area (Å²) in [6, 6.07) is 13.5. The number of hydrogen-bond donors (Lipinski definition) is 0. The number of hydrogen-bond acceptors (Lipinski definition) is 5. The minimum atomic E-state index is -5.20. The van der Waals surface area contributed by atoms with E-state index in [-0.39, 0.29) is 0 Å². The predicted octanol–water partition coefficient (Wildman–Crippen LogP) is 6.06. The van der Waals surface area contributed by atoms with Crippen LogP contribution in [0.15, 0.2) is 54.6 Å². The van der Waals surface area contributed by atoms with E-state index >= 15 is 13.2 Å². The van der Waals surface area contributed by atoms with Gasteiger partial charge in [-0.25, -0.2) is 4.21 Å². The minimum Gasteiger partial charge on any atom is -0.402 e. The summed E-state index contributed by atoms with van der Waals surface area (Å²) in [5.41, 5.74) is -4.32. The van der Waals surface area contributed by atoms with Gasteiger partial charge in [0.05, 0.1) is 15.9 Å². The van der Waals surface area contributed by atoms with E-state index in [1.165, 1.54) is 30.3 Å². The number of amides is 1. The topological polar surface area (TPSA) is 65.1 Å². The Hall–Kier alpha value is -2.21. The van der Waals surface area contributed by atoms with Crippen molar-refractivity contribution in [3.63, 3.8) is 0 Å². The van der Waals surface area contributed by atoms with Gasteiger partial charge in [0.2, 0.25) is 0 Å². The quantitative estimate of drug-likeness (QED) is 0.381. The van der Waals surface area contributed by atoms with Crippen LogP contribution in [0.3, 0.4) is 0 Å². The van der Waals surface area contributed by atoms with Crippen LogP contribution in [-0.2, 0) is 35.4 Å². The van der Waals surface area contributed by atoms with E-state index < -0.39 is 63.2 Å². The summed E-state index contributed by atoms with van der Waals surface area (Å²) in [7, 11) is -2.70. The zero-order valence-electron chi connectivity index (χ0n) is 23.9. The molecule has 3 atom stereocenters. The van der Waals surface area contributed by atoms with Crippen LogP contribution in [0.1, 0.15) is 71.1 Å². The van der Waals surface area contributed by atoms with Gasteiger partial charge in [0, 0.05) is 12.7 Å². The third kappa shape index (κ3) is 5.69. The molecule has 0 N–H and O–H groups in total. The Bertz CT molecular complexity index is 1180. The van der Waals surface area contributed by atoms with Gasteiger partial charge < -0.3 is 14.0 Å². The molecule has 1 fully saturated rings. The van der Waals surface area contributed by atoms with Crippen molar-refractivity contribution in [1.82, 2.24) is 4.31 Å². The van der Waals surface area contributed by atoms with Crippen LogP contribution in [0, 0.1) is 6.92 Å². The van der Waals surface area contributed by atoms with Crippen LogP contribution >= 0.6 is 0 Å². The molecule has 1 aliphatic rings. The fourth-order valence-electron chi connectivity index (χ4n) is 4.34. The predicted molar refractivity (Wildman–Crippen MR) is 146 cm³/mol. The lowest BCUT2D eigenvalue weighted by atomic mass is 9.73. The smallest absolute Gasteiger partial charge is 0.402 e. The first-order chi connectivity index (χ1) is 17.8. The summed E-state index contributed by atoms with van der Waals surface area (Å²) < 4.78 is 76.6. The number of rotatable bonds is 7. The van der Waals surface area contributed by atoms with Gasteiger partial charge in [-0.15, -0.1) is 0 Å². The molecule has 214 valence electrons. The van der Waals surface area contributed by atoms with Crippen molar-refractivity contribution in [1.29, 1.82) is 0 Å². The molecule has 2 aromatic rings. The van der Waals surface area contributed by atoms with Crippen LogP contribution in [0.2, 0.25) is 0 Å². The molecule has 0 spiro atoms. The molecule has 1 saturated heterocycles. The first-order valence-corrected chi connectivity index (χ1v) is 13.8. The van der Waals surface area contributed by atoms with Gasteiger partial charge in [-0.05, 0) is 61.0 Å². The van der Waals surface area contributed by atoms with Crippen LogP contribution in [0.4, 0.5) is 13.2 Å². The maximum absolute atomic E-state index is 15.0. The van der Waals surface area contributed by atoms with Gasteiger partial charge >= 0.3 is 13.3 Å². The van der Waals surface area contributed by atoms with Crippen LogP contribution in [-0.4, -0.2) is 50.8 Å². The largest absolute Gasteiger partial charge is 0.488 e. The molecule has 1 heterocycles. The molecule has 6 nitrogen and oxygen atoms in total. The first-order valence-electron chi connectivity index (χ1n) is 12.7. The van der Waals surface area contributed by atoms with E-state index in [4.69, 9.17) is 14.0 Å². The molecule has 2 aromatic carbocycles. The Morgan fingerprint density at radius 3 is 1.85 bits per heavy atom. The van der Waals surface area contributed by atoms with Gasteiger partial charge in [-0.3, -0.25) is 9.10 Å². The first kappa shape index (κ1) is 31.3. The fourth-order valence-corrected chi connectivity index (χ4v) is 5.64. The van der Waals surface area contributed by atoms with Crippen molar-refractivity contribution in [3.8, 4) is 0 Å². The molecule has 1 aliphatic heterocycles. The second-order valence-electron chi connectivity index (χ2n) is 11.7. The standard InChI is InChI=1S/C28H37BF3NO5S/c1-19-15-17-20(18-16-19)22(29-37-25(5,6)26(7,8)38-29)33(39(35)24(2,3)4)23(34)27(36-9,28(30,31)32)21-13-11-10-12-14-21/h10-18,22H,1-9H3/t22-,27+,39+/m0/s1. The summed E-state index contributed by atoms with van der Waals surface area (Å²) in [6.07, 6.45) is -5.20. The van der Waals surface area contributed by atoms with Crippen molar-refractivity contribution < 1.29 is 36.2 Å². The van der Waals surface area contributed by atoms with E-state index in [2.05, 4.69) is 0 Å². The molecule has 0 aliphatic carbocycles. The highest BCUT2D eigenvalue weighted by Gasteiger charge is 2.67. The lowest BCUT2D eigenvalue weighted by Gasteiger charge is -2.42. The van der Waals surface area contributed by atoms with Crippen molar-refractivity contribution in [3.05, 3.63) is 71.3 Å². The van der Waals surface area contributed by atoms with Gasteiger partial charge in [-0.1, -0.05) is 60.2 Å². The van der Waals surface area contributed by atoms with E-state index in [1.807, 2.05) is 6.92 Å². The SMILES string of the molecule is CO[C@@](C(=O)N([C@H](B1OC(C)(C)C(C)(C)O1)c1ccc(C)cc1)[S@](=O)C(C)(C)C)(c1ccccc1)C(F)(F)F. The lowest BCUT2D eigenvalue weighted by molar-refractivity contribution is -0.268. The molecule has 0 bridgehead atoms. The van der Waals surface area contributed by atoms with E-state index in [0.717, 1.165) is 17.0 Å². The second kappa shape index (κ2) is 10.6. The maximum atomic E-state index is 15.0. The second-order valence-corrected chi connectivity index (χ2v) is 13.8. The summed E-state index contributed by atoms with van der Waals surface area (Å²) in [5, 5.41) is 0. The van der Waals surface area contributed by atoms with Gasteiger partial charge in [-0.2, -0.15) is 13.2 Å². The summed E-state index contributed by atoms with van der Waals surface area (Å²) in [4.78, 5) is 14.5. The van der Waals surface area contributed by atoms with Crippen molar-refractivity contribution in [2.24, 2.45) is 0 Å². The van der Waals surface area contributed by atoms with Crippen LogP contribution in [0.5, 0.6) is 0 Å². The number of benzene rings is 2. The zero-order valence-corrected chi connectivity index (χ0v) is 24.7. The molecule has 11 heteroatoms. The number of halogens is 3. The molecular weight excluding hydrogens is 530 g/mol. The van der Waals surface area contributed by atoms with E-state index in [0.29, 0.717) is 5.56 Å². The zero-order chi connectivity index (χ0) is 29.6. The molecule has 0 aromatic heterocycles. The third-order valence-electron chi connectivity index (χ3n) is 7.29. The number of ether oxygens (including phenoxy) is 1. The summed E-state index contributed by atoms with van der Waals surface area (Å²) >= 11 is 0. The molecule has 0 unspecified atom stereocenters. The van der Waals surface area contributed by atoms with Gasteiger partial charge in [0.25, 0.3) is 11.5 Å². The van der Waals surface area contributed by atoms with Crippen LogP contribution in [0.25, 0.3) is 0 Å². The molecule has 1 amide bonds. The maximum Gasteiger partial charge on any atom is 0.488 e. The Kier molecular flexibility index (Phi) is 8.55. The number of carbonyl (C=O) groups excluding carboxylic acids is 1. The highest BCUT2D eigenvalue weighted by molar-refractivity contribution is 7.84. The van der Waals surface area contributed by atoms with Crippen LogP contribution < -0.4 is 0 Å². The highest BCUT2D eigenvalue weighted by atomic mass is 32.2. The summed E-state index contributed by atoms with van der Waals surface area (Å²) in [6.45, 7) is 13.8. The Morgan fingerprint density at radius 2 is 1.44 bits per heavy atom.